The molecule has 0 aliphatic heterocycles. The molecule has 28 heavy (non-hydrogen) atoms. The molecular weight excluding hydrogens is 350 g/mol. The third kappa shape index (κ3) is 3.69. The molecule has 0 unspecified atom stereocenters. The second-order valence-corrected chi connectivity index (χ2v) is 6.70. The second-order valence-electron chi connectivity index (χ2n) is 6.70. The monoisotopic (exact) mass is 369 g/mol. The van der Waals surface area contributed by atoms with Gasteiger partial charge in [-0.1, -0.05) is 66.7 Å². The minimum atomic E-state index is -0.818. The molecule has 0 bridgehead atoms. The number of carbonyl (C=O) groups is 2. The number of rotatable bonds is 5. The molecule has 2 amide bonds. The fraction of sp³-hybridized carbons (Fsp3) is 0.0870. The number of carbonyl (C=O) groups excluding carboxylic acids is 2. The normalized spacial score (nSPS) is 12.0. The predicted octanol–water partition coefficient (Wildman–Crippen LogP) is 3.21. The molecular formula is C23H19N3O2. The highest BCUT2D eigenvalue weighted by Crippen LogP contribution is 2.17. The molecule has 1 heterocycles. The van der Waals surface area contributed by atoms with Crippen LogP contribution < -0.4 is 11.1 Å². The maximum absolute atomic E-state index is 12.6. The lowest BCUT2D eigenvalue weighted by Crippen LogP contribution is -2.46. The molecule has 3 N–H and O–H groups in total. The Balaban J connectivity index is 1.55. The largest absolute Gasteiger partial charge is 0.368 e. The first-order valence-corrected chi connectivity index (χ1v) is 9.04. The molecule has 0 spiro atoms. The molecule has 4 rings (SSSR count). The average Bonchev–Trinajstić information content (AvgIpc) is 2.72. The van der Waals surface area contributed by atoms with Gasteiger partial charge in [0.2, 0.25) is 5.91 Å². The smallest absolute Gasteiger partial charge is 0.270 e. The highest BCUT2D eigenvalue weighted by Gasteiger charge is 2.20. The van der Waals surface area contributed by atoms with Gasteiger partial charge in [0.15, 0.2) is 0 Å². The first kappa shape index (κ1) is 17.7. The molecule has 0 aliphatic rings. The number of aromatic nitrogens is 1. The summed E-state index contributed by atoms with van der Waals surface area (Å²) in [5, 5.41) is 5.86. The van der Waals surface area contributed by atoms with Crippen LogP contribution in [0.1, 0.15) is 16.1 Å². The van der Waals surface area contributed by atoms with Crippen LogP contribution in [0.5, 0.6) is 0 Å². The van der Waals surface area contributed by atoms with E-state index in [1.54, 1.807) is 6.07 Å². The van der Waals surface area contributed by atoms with Crippen molar-refractivity contribution in [2.24, 2.45) is 5.73 Å². The third-order valence-corrected chi connectivity index (χ3v) is 4.73. The molecule has 0 aliphatic carbocycles. The number of nitrogens with one attached hydrogen (secondary N) is 1. The number of pyridine rings is 1. The fourth-order valence-electron chi connectivity index (χ4n) is 3.25. The number of benzene rings is 3. The summed E-state index contributed by atoms with van der Waals surface area (Å²) in [7, 11) is 0. The average molecular weight is 369 g/mol. The first-order valence-electron chi connectivity index (χ1n) is 9.04. The lowest BCUT2D eigenvalue weighted by molar-refractivity contribution is -0.119. The quantitative estimate of drug-likeness (QED) is 0.566. The van der Waals surface area contributed by atoms with E-state index in [9.17, 15) is 9.59 Å². The van der Waals surface area contributed by atoms with Crippen molar-refractivity contribution < 1.29 is 9.59 Å². The Hall–Kier alpha value is -3.73. The van der Waals surface area contributed by atoms with Crippen LogP contribution in [0.3, 0.4) is 0 Å². The Morgan fingerprint density at radius 3 is 2.32 bits per heavy atom. The maximum atomic E-state index is 12.6. The standard InChI is InChI=1S/C23H19N3O2/c24-22(27)21(14-15-9-10-16-5-1-2-7-18(16)13-15)26-23(28)20-12-11-17-6-3-4-8-19(17)25-20/h1-13,21H,14H2,(H2,24,27)(H,26,28)/t21-/m0/s1. The van der Waals surface area contributed by atoms with E-state index in [1.807, 2.05) is 72.8 Å². The van der Waals surface area contributed by atoms with E-state index in [-0.39, 0.29) is 5.69 Å². The Bertz CT molecular complexity index is 1190. The zero-order chi connectivity index (χ0) is 19.5. The van der Waals surface area contributed by atoms with Crippen molar-refractivity contribution in [1.29, 1.82) is 0 Å². The Labute approximate surface area is 162 Å². The first-order chi connectivity index (χ1) is 13.6. The summed E-state index contributed by atoms with van der Waals surface area (Å²) >= 11 is 0. The van der Waals surface area contributed by atoms with Crippen molar-refractivity contribution in [3.05, 3.63) is 90.1 Å². The van der Waals surface area contributed by atoms with Gasteiger partial charge in [-0.3, -0.25) is 9.59 Å². The minimum Gasteiger partial charge on any atom is -0.368 e. The zero-order valence-corrected chi connectivity index (χ0v) is 15.1. The van der Waals surface area contributed by atoms with Crippen LogP contribution in [0.2, 0.25) is 0 Å². The van der Waals surface area contributed by atoms with Gasteiger partial charge in [0, 0.05) is 11.8 Å². The minimum absolute atomic E-state index is 0.253. The van der Waals surface area contributed by atoms with Crippen LogP contribution >= 0.6 is 0 Å². The molecule has 0 radical (unpaired) electrons. The Morgan fingerprint density at radius 1 is 0.857 bits per heavy atom. The summed E-state index contributed by atoms with van der Waals surface area (Å²) in [5.41, 5.74) is 7.44. The van der Waals surface area contributed by atoms with Crippen molar-refractivity contribution in [2.45, 2.75) is 12.5 Å². The Morgan fingerprint density at radius 2 is 1.54 bits per heavy atom. The number of amides is 2. The molecule has 1 aromatic heterocycles. The van der Waals surface area contributed by atoms with Gasteiger partial charge in [0.1, 0.15) is 11.7 Å². The number of nitrogens with zero attached hydrogens (tertiary/aromatic N) is 1. The molecule has 5 heteroatoms. The fourth-order valence-corrected chi connectivity index (χ4v) is 3.25. The number of para-hydroxylation sites is 1. The number of hydrogen-bond donors (Lipinski definition) is 2. The van der Waals surface area contributed by atoms with E-state index in [0.29, 0.717) is 6.42 Å². The highest BCUT2D eigenvalue weighted by molar-refractivity contribution is 5.97. The van der Waals surface area contributed by atoms with Crippen molar-refractivity contribution in [3.8, 4) is 0 Å². The molecule has 1 atom stereocenters. The SMILES string of the molecule is NC(=O)[C@H](Cc1ccc2ccccc2c1)NC(=O)c1ccc2ccccc2n1. The topological polar surface area (TPSA) is 85.1 Å². The van der Waals surface area contributed by atoms with Gasteiger partial charge in [-0.15, -0.1) is 0 Å². The molecule has 3 aromatic carbocycles. The maximum Gasteiger partial charge on any atom is 0.270 e. The van der Waals surface area contributed by atoms with E-state index < -0.39 is 17.9 Å². The van der Waals surface area contributed by atoms with Gasteiger partial charge in [0.05, 0.1) is 5.52 Å². The number of primary amides is 1. The number of fused-ring (bicyclic) bond motifs is 2. The van der Waals surface area contributed by atoms with Crippen molar-refractivity contribution in [1.82, 2.24) is 10.3 Å². The predicted molar refractivity (Wildman–Crippen MR) is 110 cm³/mol. The molecule has 0 saturated carbocycles. The summed E-state index contributed by atoms with van der Waals surface area (Å²) in [5.74, 6) is -1.00. The van der Waals surface area contributed by atoms with Crippen LogP contribution in [-0.2, 0) is 11.2 Å². The summed E-state index contributed by atoms with van der Waals surface area (Å²) in [4.78, 5) is 28.9. The van der Waals surface area contributed by atoms with E-state index in [0.717, 1.165) is 27.2 Å². The molecule has 0 saturated heterocycles. The molecule has 0 fully saturated rings. The lowest BCUT2D eigenvalue weighted by atomic mass is 10.0. The van der Waals surface area contributed by atoms with Gasteiger partial charge in [-0.05, 0) is 28.5 Å². The van der Waals surface area contributed by atoms with Gasteiger partial charge in [0.25, 0.3) is 5.91 Å². The van der Waals surface area contributed by atoms with Gasteiger partial charge < -0.3 is 11.1 Å². The summed E-state index contributed by atoms with van der Waals surface area (Å²) in [6.45, 7) is 0. The summed E-state index contributed by atoms with van der Waals surface area (Å²) < 4.78 is 0. The van der Waals surface area contributed by atoms with Gasteiger partial charge in [-0.2, -0.15) is 0 Å². The van der Waals surface area contributed by atoms with Crippen molar-refractivity contribution in [3.63, 3.8) is 0 Å². The zero-order valence-electron chi connectivity index (χ0n) is 15.1. The number of nitrogens with two attached hydrogens (primary N) is 1. The van der Waals surface area contributed by atoms with E-state index in [2.05, 4.69) is 10.3 Å². The Kier molecular flexibility index (Phi) is 4.72. The van der Waals surface area contributed by atoms with Crippen LogP contribution in [-0.4, -0.2) is 22.8 Å². The van der Waals surface area contributed by atoms with Gasteiger partial charge >= 0.3 is 0 Å². The van der Waals surface area contributed by atoms with Crippen molar-refractivity contribution >= 4 is 33.5 Å². The van der Waals surface area contributed by atoms with Crippen molar-refractivity contribution in [2.75, 3.05) is 0 Å². The van der Waals surface area contributed by atoms with E-state index >= 15 is 0 Å². The summed E-state index contributed by atoms with van der Waals surface area (Å²) in [6, 6.07) is 24.1. The molecule has 4 aromatic rings. The van der Waals surface area contributed by atoms with Crippen LogP contribution in [0, 0.1) is 0 Å². The molecule has 5 nitrogen and oxygen atoms in total. The van der Waals surface area contributed by atoms with E-state index in [4.69, 9.17) is 5.73 Å². The van der Waals surface area contributed by atoms with E-state index in [1.165, 1.54) is 0 Å². The second kappa shape index (κ2) is 7.48. The third-order valence-electron chi connectivity index (χ3n) is 4.73. The van der Waals surface area contributed by atoms with Crippen LogP contribution in [0.15, 0.2) is 78.9 Å². The highest BCUT2D eigenvalue weighted by atomic mass is 16.2. The molecule has 138 valence electrons. The number of hydrogen-bond acceptors (Lipinski definition) is 3. The van der Waals surface area contributed by atoms with Crippen LogP contribution in [0.4, 0.5) is 0 Å². The van der Waals surface area contributed by atoms with Gasteiger partial charge in [-0.25, -0.2) is 4.98 Å². The van der Waals surface area contributed by atoms with Crippen LogP contribution in [0.25, 0.3) is 21.7 Å². The summed E-state index contributed by atoms with van der Waals surface area (Å²) in [6.07, 6.45) is 0.319. The lowest BCUT2D eigenvalue weighted by Gasteiger charge is -2.16.